The smallest absolute Gasteiger partial charge is 0.417 e. The average molecular weight is 191 g/mol. The van der Waals surface area contributed by atoms with Crippen molar-refractivity contribution >= 4 is 6.47 Å². The minimum atomic E-state index is 0.317. The molecule has 1 aromatic carbocycles. The molecule has 0 unspecified atom stereocenters. The van der Waals surface area contributed by atoms with Gasteiger partial charge in [0.2, 0.25) is 0 Å². The second kappa shape index (κ2) is 6.19. The largest absolute Gasteiger partial charge is 0.452 e. The monoisotopic (exact) mass is 191 g/mol. The molecule has 0 aliphatic heterocycles. The number of hydrogen-bond donors (Lipinski definition) is 0. The van der Waals surface area contributed by atoms with Gasteiger partial charge in [-0.05, 0) is 24.0 Å². The number of benzene rings is 1. The average Bonchev–Trinajstić information content (AvgIpc) is 2.25. The Morgan fingerprint density at radius 1 is 1.21 bits per heavy atom. The molecule has 0 aromatic heterocycles. The Balaban J connectivity index is 2.46. The van der Waals surface area contributed by atoms with E-state index in [2.05, 4.69) is 23.8 Å². The third-order valence-electron chi connectivity index (χ3n) is 2.14. The maximum Gasteiger partial charge on any atom is 0.417 e. The van der Waals surface area contributed by atoms with Crippen LogP contribution in [0, 0.1) is 0 Å². The van der Waals surface area contributed by atoms with Gasteiger partial charge in [0.05, 0.1) is 0 Å². The number of ether oxygens (including phenoxy) is 1. The highest BCUT2D eigenvalue weighted by molar-refractivity contribution is 5.38. The maximum absolute atomic E-state index is 9.84. The van der Waals surface area contributed by atoms with E-state index in [-0.39, 0.29) is 0 Å². The van der Waals surface area contributed by atoms with E-state index in [1.54, 1.807) is 0 Å². The predicted octanol–water partition coefficient (Wildman–Crippen LogP) is 2.61. The molecule has 1 aromatic rings. The van der Waals surface area contributed by atoms with Crippen molar-refractivity contribution in [1.82, 2.24) is 0 Å². The number of aryl methyl sites for hydroxylation is 1. The van der Waals surface area contributed by atoms with Crippen molar-refractivity contribution in [2.75, 3.05) is 0 Å². The fourth-order valence-electron chi connectivity index (χ4n) is 1.30. The fraction of sp³-hybridized carbons (Fsp3) is 0.417. The summed E-state index contributed by atoms with van der Waals surface area (Å²) >= 11 is 0. The van der Waals surface area contributed by atoms with E-state index in [1.807, 2.05) is 12.1 Å². The lowest BCUT2D eigenvalue weighted by Crippen LogP contribution is -1.91. The van der Waals surface area contributed by atoms with Gasteiger partial charge in [0.1, 0.15) is 6.61 Å². The Bertz CT molecular complexity index is 264. The second-order valence-electron chi connectivity index (χ2n) is 3.29. The van der Waals surface area contributed by atoms with Crippen molar-refractivity contribution in [2.24, 2.45) is 0 Å². The first kappa shape index (κ1) is 10.8. The van der Waals surface area contributed by atoms with E-state index in [0.717, 1.165) is 12.0 Å². The molecule has 1 radical (unpaired) electrons. The first-order chi connectivity index (χ1) is 6.86. The quantitative estimate of drug-likeness (QED) is 0.691. The molecule has 0 bridgehead atoms. The van der Waals surface area contributed by atoms with Crippen molar-refractivity contribution in [2.45, 2.75) is 32.8 Å². The summed E-state index contributed by atoms with van der Waals surface area (Å²) in [6, 6.07) is 8.14. The molecule has 0 atom stereocenters. The van der Waals surface area contributed by atoms with Crippen LogP contribution in [0.4, 0.5) is 0 Å². The van der Waals surface area contributed by atoms with Gasteiger partial charge in [0.25, 0.3) is 0 Å². The minimum Gasteiger partial charge on any atom is -0.452 e. The molecule has 2 heteroatoms. The second-order valence-corrected chi connectivity index (χ2v) is 3.29. The van der Waals surface area contributed by atoms with Crippen LogP contribution in [0.1, 0.15) is 30.9 Å². The van der Waals surface area contributed by atoms with Crippen molar-refractivity contribution in [3.8, 4) is 0 Å². The molecule has 0 amide bonds. The normalized spacial score (nSPS) is 9.79. The SMILES string of the molecule is CCCCc1ccc(CO[C]=O)cc1. The lowest BCUT2D eigenvalue weighted by atomic mass is 10.1. The van der Waals surface area contributed by atoms with E-state index in [9.17, 15) is 4.79 Å². The Hall–Kier alpha value is -1.31. The van der Waals surface area contributed by atoms with E-state index < -0.39 is 0 Å². The zero-order chi connectivity index (χ0) is 10.2. The molecule has 0 spiro atoms. The summed E-state index contributed by atoms with van der Waals surface area (Å²) in [6.07, 6.45) is 3.56. The fourth-order valence-corrected chi connectivity index (χ4v) is 1.30. The van der Waals surface area contributed by atoms with Crippen molar-refractivity contribution < 1.29 is 9.53 Å². The van der Waals surface area contributed by atoms with Gasteiger partial charge in [0, 0.05) is 0 Å². The zero-order valence-corrected chi connectivity index (χ0v) is 8.45. The van der Waals surface area contributed by atoms with E-state index in [0.29, 0.717) is 6.61 Å². The number of unbranched alkanes of at least 4 members (excludes halogenated alkanes) is 1. The molecule has 2 nitrogen and oxygen atoms in total. The molecule has 0 aliphatic carbocycles. The standard InChI is InChI=1S/C12H15O2/c1-2-3-4-11-5-7-12(8-6-11)9-14-10-13/h5-8H,2-4,9H2,1H3. The Morgan fingerprint density at radius 3 is 2.43 bits per heavy atom. The van der Waals surface area contributed by atoms with Gasteiger partial charge in [-0.1, -0.05) is 37.6 Å². The van der Waals surface area contributed by atoms with Gasteiger partial charge >= 0.3 is 6.47 Å². The van der Waals surface area contributed by atoms with E-state index in [4.69, 9.17) is 0 Å². The highest BCUT2D eigenvalue weighted by Gasteiger charge is 1.95. The lowest BCUT2D eigenvalue weighted by molar-refractivity contribution is 0.267. The van der Waals surface area contributed by atoms with Crippen LogP contribution in [0.5, 0.6) is 0 Å². The first-order valence-electron chi connectivity index (χ1n) is 4.93. The van der Waals surface area contributed by atoms with Gasteiger partial charge in [-0.15, -0.1) is 0 Å². The molecular formula is C12H15O2. The molecule has 0 saturated heterocycles. The Morgan fingerprint density at radius 2 is 1.86 bits per heavy atom. The molecular weight excluding hydrogens is 176 g/mol. The van der Waals surface area contributed by atoms with E-state index >= 15 is 0 Å². The third kappa shape index (κ3) is 3.60. The molecule has 0 N–H and O–H groups in total. The first-order valence-corrected chi connectivity index (χ1v) is 4.93. The highest BCUT2D eigenvalue weighted by atomic mass is 16.5. The van der Waals surface area contributed by atoms with Gasteiger partial charge in [0.15, 0.2) is 0 Å². The topological polar surface area (TPSA) is 26.3 Å². The summed E-state index contributed by atoms with van der Waals surface area (Å²) in [7, 11) is 0. The number of rotatable bonds is 6. The van der Waals surface area contributed by atoms with Gasteiger partial charge in [-0.3, -0.25) is 0 Å². The van der Waals surface area contributed by atoms with Crippen LogP contribution in [0.15, 0.2) is 24.3 Å². The van der Waals surface area contributed by atoms with Crippen LogP contribution in [0.2, 0.25) is 0 Å². The summed E-state index contributed by atoms with van der Waals surface area (Å²) in [6.45, 7) is 3.91. The minimum absolute atomic E-state index is 0.317. The predicted molar refractivity (Wildman–Crippen MR) is 55.5 cm³/mol. The Labute approximate surface area is 84.9 Å². The zero-order valence-electron chi connectivity index (χ0n) is 8.45. The van der Waals surface area contributed by atoms with Crippen LogP contribution in [0.3, 0.4) is 0 Å². The molecule has 0 saturated carbocycles. The van der Waals surface area contributed by atoms with Gasteiger partial charge in [-0.25, -0.2) is 4.79 Å². The molecule has 0 heterocycles. The highest BCUT2D eigenvalue weighted by Crippen LogP contribution is 2.08. The maximum atomic E-state index is 9.84. The molecule has 0 aliphatic rings. The summed E-state index contributed by atoms with van der Waals surface area (Å²) in [5.74, 6) is 0. The third-order valence-corrected chi connectivity index (χ3v) is 2.14. The van der Waals surface area contributed by atoms with Gasteiger partial charge < -0.3 is 4.74 Å². The molecule has 14 heavy (non-hydrogen) atoms. The summed E-state index contributed by atoms with van der Waals surface area (Å²) in [4.78, 5) is 9.84. The Kier molecular flexibility index (Phi) is 4.76. The lowest BCUT2D eigenvalue weighted by Gasteiger charge is -2.02. The van der Waals surface area contributed by atoms with Crippen molar-refractivity contribution in [3.63, 3.8) is 0 Å². The van der Waals surface area contributed by atoms with Crippen LogP contribution >= 0.6 is 0 Å². The van der Waals surface area contributed by atoms with Crippen LogP contribution in [-0.2, 0) is 22.6 Å². The summed E-state index contributed by atoms with van der Waals surface area (Å²) < 4.78 is 4.53. The van der Waals surface area contributed by atoms with Crippen molar-refractivity contribution in [1.29, 1.82) is 0 Å². The van der Waals surface area contributed by atoms with Crippen LogP contribution in [-0.4, -0.2) is 6.47 Å². The van der Waals surface area contributed by atoms with Crippen LogP contribution in [0.25, 0.3) is 0 Å². The molecule has 0 fully saturated rings. The van der Waals surface area contributed by atoms with Gasteiger partial charge in [-0.2, -0.15) is 0 Å². The van der Waals surface area contributed by atoms with Crippen molar-refractivity contribution in [3.05, 3.63) is 35.4 Å². The molecule has 75 valence electrons. The summed E-state index contributed by atoms with van der Waals surface area (Å²) in [5, 5.41) is 0. The van der Waals surface area contributed by atoms with E-state index in [1.165, 1.54) is 24.9 Å². The summed E-state index contributed by atoms with van der Waals surface area (Å²) in [5.41, 5.74) is 2.35. The van der Waals surface area contributed by atoms with Crippen LogP contribution < -0.4 is 0 Å². The number of hydrogen-bond acceptors (Lipinski definition) is 2. The number of carbonyl (C=O) groups excluding carboxylic acids is 1. The molecule has 1 rings (SSSR count).